The molecule has 1 heterocycles. The van der Waals surface area contributed by atoms with E-state index in [2.05, 4.69) is 0 Å². The van der Waals surface area contributed by atoms with E-state index in [4.69, 9.17) is 44.1 Å². The number of aliphatic hydroxyl groups excluding tert-OH is 4. The Kier molecular flexibility index (Phi) is 13.2. The highest BCUT2D eigenvalue weighted by atomic mass is 16.7. The van der Waals surface area contributed by atoms with E-state index >= 15 is 0 Å². The van der Waals surface area contributed by atoms with Gasteiger partial charge in [-0.2, -0.15) is 0 Å². The summed E-state index contributed by atoms with van der Waals surface area (Å²) in [5.74, 6) is -2.68. The van der Waals surface area contributed by atoms with Gasteiger partial charge in [0.15, 0.2) is 18.5 Å². The Morgan fingerprint density at radius 2 is 1.34 bits per heavy atom. The van der Waals surface area contributed by atoms with Gasteiger partial charge in [-0.3, -0.25) is 19.2 Å². The molecule has 14 nitrogen and oxygen atoms in total. The molecule has 0 spiro atoms. The summed E-state index contributed by atoms with van der Waals surface area (Å²) in [6.45, 7) is 3.72. The number of hydrogen-bond donors (Lipinski definition) is 4. The van der Waals surface area contributed by atoms with Crippen molar-refractivity contribution >= 4 is 30.2 Å². The van der Waals surface area contributed by atoms with Gasteiger partial charge in [0.1, 0.15) is 18.3 Å². The molecule has 7 atom stereocenters. The molecule has 184 valence electrons. The number of ether oxygens (including phenoxy) is 5. The van der Waals surface area contributed by atoms with E-state index in [-0.39, 0.29) is 12.9 Å². The third-order valence-electron chi connectivity index (χ3n) is 3.66. The lowest BCUT2D eigenvalue weighted by Crippen LogP contribution is -2.58. The van der Waals surface area contributed by atoms with E-state index in [0.717, 1.165) is 20.8 Å². The Labute approximate surface area is 182 Å². The molecule has 0 aromatic heterocycles. The van der Waals surface area contributed by atoms with Gasteiger partial charge in [-0.1, -0.05) is 0 Å². The Morgan fingerprint density at radius 3 is 1.75 bits per heavy atom. The van der Waals surface area contributed by atoms with Gasteiger partial charge >= 0.3 is 23.9 Å². The van der Waals surface area contributed by atoms with E-state index in [0.29, 0.717) is 0 Å². The largest absolute Gasteiger partial charge is 0.456 e. The monoisotopic (exact) mass is 468 g/mol. The lowest BCUT2D eigenvalue weighted by Gasteiger charge is -2.39. The van der Waals surface area contributed by atoms with Gasteiger partial charge in [-0.05, 0) is 0 Å². The summed E-state index contributed by atoms with van der Waals surface area (Å²) in [7, 11) is 0. The molecular formula is C18H28O14. The van der Waals surface area contributed by atoms with Crippen LogP contribution in [0.15, 0.2) is 0 Å². The third-order valence-corrected chi connectivity index (χ3v) is 3.66. The molecule has 4 N–H and O–H groups in total. The van der Waals surface area contributed by atoms with Crippen molar-refractivity contribution in [1.82, 2.24) is 0 Å². The standard InChI is InChI=1S/C13H18O9.C5H10O5/c1-6(14)19-10-5-18-13(22-9(4)17)12(21-8(3)16)11(10)20-7(2)15;6-1-3(8)5(10)4(9)2-7/h10-13H,5H2,1-4H3;1,3-5,7-10H,2H2/t10-,11+,12-,13+;3-,4+,5+/m10/s1. The quantitative estimate of drug-likeness (QED) is 0.158. The fraction of sp³-hybridized carbons (Fsp3) is 0.722. The highest BCUT2D eigenvalue weighted by molar-refractivity contribution is 5.69. The number of aldehydes is 1. The first-order valence-corrected chi connectivity index (χ1v) is 9.24. The van der Waals surface area contributed by atoms with Gasteiger partial charge in [-0.15, -0.1) is 0 Å². The maximum absolute atomic E-state index is 11.3. The van der Waals surface area contributed by atoms with Crippen molar-refractivity contribution in [2.45, 2.75) is 70.6 Å². The summed E-state index contributed by atoms with van der Waals surface area (Å²) < 4.78 is 25.2. The van der Waals surface area contributed by atoms with E-state index in [1.165, 1.54) is 6.92 Å². The average Bonchev–Trinajstić information content (AvgIpc) is 2.69. The van der Waals surface area contributed by atoms with Crippen LogP contribution >= 0.6 is 0 Å². The summed E-state index contributed by atoms with van der Waals surface area (Å²) in [5, 5.41) is 34.1. The molecule has 0 bridgehead atoms. The maximum Gasteiger partial charge on any atom is 0.305 e. The first kappa shape index (κ1) is 29.4. The highest BCUT2D eigenvalue weighted by Crippen LogP contribution is 2.25. The van der Waals surface area contributed by atoms with Gasteiger partial charge in [0.25, 0.3) is 0 Å². The van der Waals surface area contributed by atoms with E-state index < -0.39 is 73.4 Å². The fourth-order valence-electron chi connectivity index (χ4n) is 2.39. The zero-order valence-corrected chi connectivity index (χ0v) is 17.9. The number of rotatable bonds is 8. The average molecular weight is 468 g/mol. The number of esters is 4. The third kappa shape index (κ3) is 10.6. The first-order chi connectivity index (χ1) is 14.8. The van der Waals surface area contributed by atoms with E-state index in [1.54, 1.807) is 0 Å². The van der Waals surface area contributed by atoms with Crippen LogP contribution in [0.3, 0.4) is 0 Å². The van der Waals surface area contributed by atoms with Crippen molar-refractivity contribution in [3.63, 3.8) is 0 Å². The Bertz CT molecular complexity index is 608. The zero-order chi connectivity index (χ0) is 25.0. The Hall–Kier alpha value is -2.65. The number of carbonyl (C=O) groups is 5. The van der Waals surface area contributed by atoms with Crippen molar-refractivity contribution in [2.24, 2.45) is 0 Å². The maximum atomic E-state index is 11.3. The van der Waals surface area contributed by atoms with Crippen molar-refractivity contribution in [2.75, 3.05) is 13.2 Å². The second-order valence-electron chi connectivity index (χ2n) is 6.47. The number of carbonyl (C=O) groups excluding carboxylic acids is 5. The highest BCUT2D eigenvalue weighted by Gasteiger charge is 2.48. The van der Waals surface area contributed by atoms with Crippen molar-refractivity contribution in [1.29, 1.82) is 0 Å². The van der Waals surface area contributed by atoms with Gasteiger partial charge in [0, 0.05) is 27.7 Å². The molecule has 1 saturated heterocycles. The Balaban J connectivity index is 0.000000809. The second-order valence-corrected chi connectivity index (χ2v) is 6.47. The second kappa shape index (κ2) is 14.4. The molecular weight excluding hydrogens is 440 g/mol. The molecule has 0 aliphatic carbocycles. The smallest absolute Gasteiger partial charge is 0.305 e. The molecule has 14 heteroatoms. The van der Waals surface area contributed by atoms with Gasteiger partial charge in [0.2, 0.25) is 12.4 Å². The zero-order valence-electron chi connectivity index (χ0n) is 17.9. The molecule has 0 radical (unpaired) electrons. The first-order valence-electron chi connectivity index (χ1n) is 9.24. The predicted molar refractivity (Wildman–Crippen MR) is 99.3 cm³/mol. The molecule has 0 amide bonds. The summed E-state index contributed by atoms with van der Waals surface area (Å²) in [5.41, 5.74) is 0. The topological polar surface area (TPSA) is 212 Å². The predicted octanol–water partition coefficient (Wildman–Crippen LogP) is -3.04. The molecule has 0 saturated carbocycles. The van der Waals surface area contributed by atoms with E-state index in [9.17, 15) is 24.0 Å². The molecule has 0 unspecified atom stereocenters. The summed E-state index contributed by atoms with van der Waals surface area (Å²) in [6, 6.07) is 0. The molecule has 1 aliphatic heterocycles. The van der Waals surface area contributed by atoms with Crippen molar-refractivity contribution in [3.05, 3.63) is 0 Å². The van der Waals surface area contributed by atoms with Crippen LogP contribution in [0.4, 0.5) is 0 Å². The summed E-state index contributed by atoms with van der Waals surface area (Å²) in [4.78, 5) is 54.5. The van der Waals surface area contributed by atoms with Gasteiger partial charge < -0.3 is 48.9 Å². The minimum absolute atomic E-state index is 0.0869. The van der Waals surface area contributed by atoms with Crippen LogP contribution in [-0.4, -0.2) is 107 Å². The molecule has 0 aromatic rings. The lowest BCUT2D eigenvalue weighted by molar-refractivity contribution is -0.273. The molecule has 1 rings (SSSR count). The normalized spacial score (nSPS) is 25.0. The van der Waals surface area contributed by atoms with Gasteiger partial charge in [0.05, 0.1) is 13.2 Å². The molecule has 32 heavy (non-hydrogen) atoms. The SMILES string of the molecule is CC(=O)O[C@@H]1OC[C@@H](OC(C)=O)[C@H](OC(C)=O)[C@H]1OC(C)=O.O=C[C@H](O)[C@@H](O)[C@H](O)CO. The summed E-state index contributed by atoms with van der Waals surface area (Å²) >= 11 is 0. The minimum Gasteiger partial charge on any atom is -0.456 e. The number of aliphatic hydroxyl groups is 4. The van der Waals surface area contributed by atoms with Crippen molar-refractivity contribution < 1.29 is 68.1 Å². The van der Waals surface area contributed by atoms with Crippen LogP contribution in [-0.2, 0) is 47.7 Å². The lowest BCUT2D eigenvalue weighted by atomic mass is 10.0. The van der Waals surface area contributed by atoms with Crippen LogP contribution in [0.5, 0.6) is 0 Å². The Morgan fingerprint density at radius 1 is 0.875 bits per heavy atom. The molecule has 0 aromatic carbocycles. The molecule has 1 fully saturated rings. The fourth-order valence-corrected chi connectivity index (χ4v) is 2.39. The van der Waals surface area contributed by atoms with Crippen LogP contribution in [0.2, 0.25) is 0 Å². The van der Waals surface area contributed by atoms with Crippen molar-refractivity contribution in [3.8, 4) is 0 Å². The van der Waals surface area contributed by atoms with Crippen LogP contribution in [0.1, 0.15) is 27.7 Å². The summed E-state index contributed by atoms with van der Waals surface area (Å²) in [6.07, 6.45) is -9.28. The molecule has 1 aliphatic rings. The minimum atomic E-state index is -1.64. The van der Waals surface area contributed by atoms with Crippen LogP contribution in [0.25, 0.3) is 0 Å². The van der Waals surface area contributed by atoms with E-state index in [1.807, 2.05) is 0 Å². The number of hydrogen-bond acceptors (Lipinski definition) is 14. The van der Waals surface area contributed by atoms with Crippen LogP contribution < -0.4 is 0 Å². The van der Waals surface area contributed by atoms with Crippen LogP contribution in [0, 0.1) is 0 Å². The van der Waals surface area contributed by atoms with Gasteiger partial charge in [-0.25, -0.2) is 0 Å².